The summed E-state index contributed by atoms with van der Waals surface area (Å²) < 4.78 is 6.23. The van der Waals surface area contributed by atoms with Gasteiger partial charge in [0.05, 0.1) is 9.38 Å². The van der Waals surface area contributed by atoms with Crippen LogP contribution in [0.3, 0.4) is 0 Å². The largest absolute Gasteiger partial charge is 0.483 e. The van der Waals surface area contributed by atoms with Crippen LogP contribution in [0, 0.1) is 6.92 Å². The number of nitrogens with zero attached hydrogens (tertiary/aromatic N) is 1. The first kappa shape index (κ1) is 19.2. The van der Waals surface area contributed by atoms with Gasteiger partial charge in [-0.2, -0.15) is 4.99 Å². The van der Waals surface area contributed by atoms with Gasteiger partial charge in [0, 0.05) is 5.69 Å². The van der Waals surface area contributed by atoms with Gasteiger partial charge in [0.1, 0.15) is 5.75 Å². The molecule has 1 heterocycles. The molecule has 0 saturated carbocycles. The highest BCUT2D eigenvalue weighted by Gasteiger charge is 2.19. The summed E-state index contributed by atoms with van der Waals surface area (Å²) >= 11 is 4.55. The predicted octanol–water partition coefficient (Wildman–Crippen LogP) is 3.70. The van der Waals surface area contributed by atoms with Crippen molar-refractivity contribution in [2.24, 2.45) is 10.7 Å². The molecule has 3 rings (SSSR count). The monoisotopic (exact) mass is 445 g/mol. The normalized spacial score (nSPS) is 15.0. The van der Waals surface area contributed by atoms with Gasteiger partial charge in [0.15, 0.2) is 11.8 Å². The molecule has 8 heteroatoms. The van der Waals surface area contributed by atoms with Crippen molar-refractivity contribution in [3.05, 3.63) is 63.0 Å². The van der Waals surface area contributed by atoms with Gasteiger partial charge in [0.25, 0.3) is 11.8 Å². The number of halogens is 1. The van der Waals surface area contributed by atoms with Crippen molar-refractivity contribution in [1.29, 1.82) is 0 Å². The molecule has 27 heavy (non-hydrogen) atoms. The highest BCUT2D eigenvalue weighted by molar-refractivity contribution is 9.10. The second kappa shape index (κ2) is 8.41. The van der Waals surface area contributed by atoms with E-state index in [1.54, 1.807) is 24.3 Å². The fourth-order valence-electron chi connectivity index (χ4n) is 2.28. The maximum Gasteiger partial charge on any atom is 0.286 e. The van der Waals surface area contributed by atoms with Crippen molar-refractivity contribution in [2.75, 3.05) is 11.9 Å². The van der Waals surface area contributed by atoms with Gasteiger partial charge in [-0.25, -0.2) is 0 Å². The second-order valence-corrected chi connectivity index (χ2v) is 7.68. The molecule has 1 aliphatic heterocycles. The zero-order chi connectivity index (χ0) is 19.4. The number of hydrogen-bond acceptors (Lipinski definition) is 5. The number of nitrogens with two attached hydrogens (primary N) is 1. The number of thioether (sulfide) groups is 1. The van der Waals surface area contributed by atoms with Crippen LogP contribution in [0.4, 0.5) is 5.69 Å². The lowest BCUT2D eigenvalue weighted by Crippen LogP contribution is -2.20. The van der Waals surface area contributed by atoms with E-state index in [1.165, 1.54) is 0 Å². The zero-order valence-corrected chi connectivity index (χ0v) is 16.8. The first-order valence-corrected chi connectivity index (χ1v) is 9.58. The Morgan fingerprint density at radius 2 is 2.04 bits per heavy atom. The number of anilines is 1. The Hall–Kier alpha value is -2.58. The first-order chi connectivity index (χ1) is 12.9. The lowest BCUT2D eigenvalue weighted by Gasteiger charge is -2.10. The average molecular weight is 446 g/mol. The van der Waals surface area contributed by atoms with E-state index in [-0.39, 0.29) is 23.6 Å². The molecule has 0 aliphatic carbocycles. The zero-order valence-electron chi connectivity index (χ0n) is 14.4. The third kappa shape index (κ3) is 5.21. The van der Waals surface area contributed by atoms with E-state index < -0.39 is 0 Å². The number of ether oxygens (including phenoxy) is 1. The first-order valence-electron chi connectivity index (χ1n) is 7.97. The van der Waals surface area contributed by atoms with Crippen molar-refractivity contribution >= 4 is 56.4 Å². The van der Waals surface area contributed by atoms with E-state index in [1.807, 2.05) is 31.2 Å². The van der Waals surface area contributed by atoms with Crippen LogP contribution in [0.1, 0.15) is 11.1 Å². The Kier molecular flexibility index (Phi) is 5.98. The van der Waals surface area contributed by atoms with E-state index in [0.717, 1.165) is 28.6 Å². The SMILES string of the molecule is Cc1ccc(NC(=O)COc2ccc(C=C3SC(N)=NC3=O)cc2Br)cc1. The van der Waals surface area contributed by atoms with Gasteiger partial charge in [-0.1, -0.05) is 23.8 Å². The Bertz CT molecular complexity index is 955. The lowest BCUT2D eigenvalue weighted by molar-refractivity contribution is -0.118. The molecule has 0 unspecified atom stereocenters. The van der Waals surface area contributed by atoms with Crippen LogP contribution in [0.2, 0.25) is 0 Å². The van der Waals surface area contributed by atoms with Crippen molar-refractivity contribution in [2.45, 2.75) is 6.92 Å². The number of rotatable bonds is 5. The summed E-state index contributed by atoms with van der Waals surface area (Å²) in [6.45, 7) is 1.86. The molecule has 2 aromatic carbocycles. The Balaban J connectivity index is 1.59. The fourth-order valence-corrected chi connectivity index (χ4v) is 3.47. The van der Waals surface area contributed by atoms with Crippen LogP contribution in [0.25, 0.3) is 6.08 Å². The minimum Gasteiger partial charge on any atom is -0.483 e. The number of carbonyl (C=O) groups is 2. The molecule has 2 amide bonds. The summed E-state index contributed by atoms with van der Waals surface area (Å²) in [6, 6.07) is 12.8. The summed E-state index contributed by atoms with van der Waals surface area (Å²) in [6.07, 6.45) is 1.70. The van der Waals surface area contributed by atoms with Crippen LogP contribution >= 0.6 is 27.7 Å². The molecule has 1 aliphatic rings. The van der Waals surface area contributed by atoms with Crippen LogP contribution in [-0.4, -0.2) is 23.6 Å². The molecule has 0 saturated heterocycles. The van der Waals surface area contributed by atoms with Crippen LogP contribution in [-0.2, 0) is 9.59 Å². The average Bonchev–Trinajstić information content (AvgIpc) is 2.93. The highest BCUT2D eigenvalue weighted by atomic mass is 79.9. The molecule has 6 nitrogen and oxygen atoms in total. The van der Waals surface area contributed by atoms with Crippen molar-refractivity contribution < 1.29 is 14.3 Å². The minimum absolute atomic E-state index is 0.119. The van der Waals surface area contributed by atoms with Crippen LogP contribution in [0.15, 0.2) is 56.8 Å². The topological polar surface area (TPSA) is 93.8 Å². The van der Waals surface area contributed by atoms with E-state index >= 15 is 0 Å². The summed E-state index contributed by atoms with van der Waals surface area (Å²) in [4.78, 5) is 27.8. The molecular weight excluding hydrogens is 430 g/mol. The van der Waals surface area contributed by atoms with E-state index in [9.17, 15) is 9.59 Å². The van der Waals surface area contributed by atoms with Crippen LogP contribution < -0.4 is 15.8 Å². The van der Waals surface area contributed by atoms with Gasteiger partial charge in [-0.3, -0.25) is 9.59 Å². The number of hydrogen-bond donors (Lipinski definition) is 2. The molecule has 2 aromatic rings. The molecule has 0 atom stereocenters. The summed E-state index contributed by atoms with van der Waals surface area (Å²) in [5.41, 5.74) is 8.17. The Morgan fingerprint density at radius 1 is 1.30 bits per heavy atom. The number of benzene rings is 2. The number of amides is 2. The van der Waals surface area contributed by atoms with Gasteiger partial charge in [-0.05, 0) is 70.5 Å². The van der Waals surface area contributed by atoms with Crippen molar-refractivity contribution in [1.82, 2.24) is 0 Å². The molecule has 0 spiro atoms. The quantitative estimate of drug-likeness (QED) is 0.684. The molecule has 0 fully saturated rings. The van der Waals surface area contributed by atoms with E-state index in [2.05, 4.69) is 26.2 Å². The van der Waals surface area contributed by atoms with Crippen molar-refractivity contribution in [3.63, 3.8) is 0 Å². The standard InChI is InChI=1S/C19H16BrN3O3S/c1-11-2-5-13(6-3-11)22-17(24)10-26-15-7-4-12(8-14(15)20)9-16-18(25)23-19(21)27-16/h2-9H,10H2,1H3,(H,22,24)(H2,21,23,25). The lowest BCUT2D eigenvalue weighted by atomic mass is 10.2. The summed E-state index contributed by atoms with van der Waals surface area (Å²) in [7, 11) is 0. The maximum atomic E-state index is 12.0. The van der Waals surface area contributed by atoms with Gasteiger partial charge >= 0.3 is 0 Å². The number of carbonyl (C=O) groups excluding carboxylic acids is 2. The number of amidine groups is 1. The fraction of sp³-hybridized carbons (Fsp3) is 0.105. The Labute approximate surface area is 169 Å². The predicted molar refractivity (Wildman–Crippen MR) is 112 cm³/mol. The summed E-state index contributed by atoms with van der Waals surface area (Å²) in [5.74, 6) is -0.0726. The van der Waals surface area contributed by atoms with Gasteiger partial charge in [-0.15, -0.1) is 0 Å². The maximum absolute atomic E-state index is 12.0. The molecule has 3 N–H and O–H groups in total. The molecule has 0 aromatic heterocycles. The van der Waals surface area contributed by atoms with Gasteiger partial charge in [0.2, 0.25) is 0 Å². The molecular formula is C19H16BrN3O3S. The molecule has 0 bridgehead atoms. The number of aryl methyl sites for hydroxylation is 1. The van der Waals surface area contributed by atoms with E-state index in [4.69, 9.17) is 10.5 Å². The Morgan fingerprint density at radius 3 is 2.67 bits per heavy atom. The second-order valence-electron chi connectivity index (χ2n) is 5.76. The number of aliphatic imine (C=N–C) groups is 1. The molecule has 138 valence electrons. The summed E-state index contributed by atoms with van der Waals surface area (Å²) in [5, 5.41) is 3.01. The smallest absolute Gasteiger partial charge is 0.286 e. The van der Waals surface area contributed by atoms with Crippen LogP contribution in [0.5, 0.6) is 5.75 Å². The number of nitrogens with one attached hydrogen (secondary N) is 1. The third-order valence-electron chi connectivity index (χ3n) is 3.58. The highest BCUT2D eigenvalue weighted by Crippen LogP contribution is 2.30. The molecule has 0 radical (unpaired) electrons. The minimum atomic E-state index is -0.346. The van der Waals surface area contributed by atoms with E-state index in [0.29, 0.717) is 15.1 Å². The van der Waals surface area contributed by atoms with Gasteiger partial charge < -0.3 is 15.8 Å². The third-order valence-corrected chi connectivity index (χ3v) is 5.02. The van der Waals surface area contributed by atoms with Crippen molar-refractivity contribution in [3.8, 4) is 5.75 Å².